The number of benzene rings is 1. The lowest BCUT2D eigenvalue weighted by Gasteiger charge is -2.33. The van der Waals surface area contributed by atoms with Gasteiger partial charge in [0.25, 0.3) is 10.0 Å². The second-order valence-electron chi connectivity index (χ2n) is 10.1. The number of carbonyl (C=O) groups excluding carboxylic acids is 2. The monoisotopic (exact) mass is 533 g/mol. The van der Waals surface area contributed by atoms with Gasteiger partial charge in [-0.1, -0.05) is 6.92 Å². The van der Waals surface area contributed by atoms with Gasteiger partial charge in [0.05, 0.1) is 31.9 Å². The summed E-state index contributed by atoms with van der Waals surface area (Å²) in [7, 11) is -0.691. The molecule has 11 nitrogen and oxygen atoms in total. The third kappa shape index (κ3) is 6.13. The predicted molar refractivity (Wildman–Crippen MR) is 136 cm³/mol. The van der Waals surface area contributed by atoms with Crippen molar-refractivity contribution in [3.63, 3.8) is 0 Å². The maximum atomic E-state index is 13.3. The Bertz CT molecular complexity index is 1260. The molecule has 1 fully saturated rings. The van der Waals surface area contributed by atoms with Crippen LogP contribution in [0.5, 0.6) is 5.75 Å². The van der Waals surface area contributed by atoms with Crippen LogP contribution in [0.4, 0.5) is 5.69 Å². The van der Waals surface area contributed by atoms with Crippen molar-refractivity contribution >= 4 is 27.5 Å². The third-order valence-electron chi connectivity index (χ3n) is 6.93. The maximum absolute atomic E-state index is 13.3. The first-order chi connectivity index (χ1) is 17.5. The number of imidazole rings is 1. The molecule has 202 valence electrons. The molecule has 0 spiro atoms. The van der Waals surface area contributed by atoms with Crippen molar-refractivity contribution in [2.24, 2.45) is 18.9 Å². The van der Waals surface area contributed by atoms with Gasteiger partial charge in [0.1, 0.15) is 11.9 Å². The Balaban J connectivity index is 1.64. The van der Waals surface area contributed by atoms with Crippen molar-refractivity contribution in [1.29, 1.82) is 0 Å². The summed E-state index contributed by atoms with van der Waals surface area (Å²) in [6.45, 7) is 3.76. The summed E-state index contributed by atoms with van der Waals surface area (Å²) in [6, 6.07) is 4.75. The van der Waals surface area contributed by atoms with E-state index in [4.69, 9.17) is 4.74 Å². The first-order valence-electron chi connectivity index (χ1n) is 12.4. The molecule has 0 saturated heterocycles. The van der Waals surface area contributed by atoms with E-state index in [1.807, 2.05) is 6.92 Å². The van der Waals surface area contributed by atoms with Crippen LogP contribution in [0.15, 0.2) is 35.7 Å². The number of rotatable bonds is 8. The van der Waals surface area contributed by atoms with E-state index in [-0.39, 0.29) is 54.8 Å². The number of amides is 2. The average Bonchev–Trinajstić information content (AvgIpc) is 3.61. The number of hydrogen-bond donors (Lipinski definition) is 2. The summed E-state index contributed by atoms with van der Waals surface area (Å²) in [4.78, 5) is 31.2. The molecule has 1 aliphatic carbocycles. The van der Waals surface area contributed by atoms with Crippen LogP contribution in [0.25, 0.3) is 0 Å². The van der Waals surface area contributed by atoms with Crippen LogP contribution in [-0.4, -0.2) is 83.0 Å². The fraction of sp³-hybridized carbons (Fsp3) is 0.560. The summed E-state index contributed by atoms with van der Waals surface area (Å²) in [6.07, 6.45) is 4.04. The molecule has 0 radical (unpaired) electrons. The van der Waals surface area contributed by atoms with Gasteiger partial charge in [0, 0.05) is 49.9 Å². The standard InChI is InChI=1S/C25H35N5O6S/c1-16-11-30(17(2)14-31)24(32)10-19-9-20(27-25(33)18-5-6-18)7-8-21(19)36-22(16)12-29(4)37(34,35)23-13-28(3)15-26-23/h7-9,13,15-18,22,31H,5-6,10-12,14H2,1-4H3,(H,27,33)/t16-,17-,22-/m1/s1. The van der Waals surface area contributed by atoms with E-state index < -0.39 is 22.2 Å². The summed E-state index contributed by atoms with van der Waals surface area (Å²) < 4.78 is 35.4. The largest absolute Gasteiger partial charge is 0.488 e. The SMILES string of the molecule is C[C@@H]1CN([C@H](C)CO)C(=O)Cc2cc(NC(=O)C3CC3)ccc2O[C@@H]1CN(C)S(=O)(=O)c1cn(C)cn1. The molecule has 2 aliphatic rings. The van der Waals surface area contributed by atoms with Crippen LogP contribution in [0.3, 0.4) is 0 Å². The Morgan fingerprint density at radius 3 is 2.70 bits per heavy atom. The number of nitrogens with zero attached hydrogens (tertiary/aromatic N) is 4. The summed E-state index contributed by atoms with van der Waals surface area (Å²) in [5.74, 6) is -0.000217. The molecule has 1 aromatic carbocycles. The molecule has 1 aromatic heterocycles. The van der Waals surface area contributed by atoms with Crippen molar-refractivity contribution in [1.82, 2.24) is 18.8 Å². The van der Waals surface area contributed by atoms with Crippen molar-refractivity contribution in [2.45, 2.75) is 50.3 Å². The Hall–Kier alpha value is -2.96. The zero-order valence-corrected chi connectivity index (χ0v) is 22.4. The van der Waals surface area contributed by atoms with Crippen LogP contribution >= 0.6 is 0 Å². The fourth-order valence-electron chi connectivity index (χ4n) is 4.35. The molecule has 12 heteroatoms. The number of hydrogen-bond acceptors (Lipinski definition) is 7. The smallest absolute Gasteiger partial charge is 0.261 e. The van der Waals surface area contributed by atoms with Gasteiger partial charge in [-0.15, -0.1) is 0 Å². The van der Waals surface area contributed by atoms with E-state index in [9.17, 15) is 23.1 Å². The number of carbonyl (C=O) groups is 2. The van der Waals surface area contributed by atoms with Gasteiger partial charge < -0.3 is 24.6 Å². The number of likely N-dealkylation sites (N-methyl/N-ethyl adjacent to an activating group) is 1. The quantitative estimate of drug-likeness (QED) is 0.521. The highest BCUT2D eigenvalue weighted by Crippen LogP contribution is 2.32. The Morgan fingerprint density at radius 2 is 2.08 bits per heavy atom. The Labute approximate surface area is 217 Å². The average molecular weight is 534 g/mol. The van der Waals surface area contributed by atoms with Gasteiger partial charge in [-0.05, 0) is 38.0 Å². The number of aliphatic hydroxyl groups excluding tert-OH is 1. The minimum atomic E-state index is -3.86. The number of aromatic nitrogens is 2. The molecular formula is C25H35N5O6S. The number of fused-ring (bicyclic) bond motifs is 1. The summed E-state index contributed by atoms with van der Waals surface area (Å²) in [5.41, 5.74) is 1.16. The van der Waals surface area contributed by atoms with Gasteiger partial charge >= 0.3 is 0 Å². The van der Waals surface area contributed by atoms with Gasteiger partial charge in [0.2, 0.25) is 11.8 Å². The number of aliphatic hydroxyl groups is 1. The first kappa shape index (κ1) is 27.1. The lowest BCUT2D eigenvalue weighted by atomic mass is 10.0. The highest BCUT2D eigenvalue weighted by molar-refractivity contribution is 7.89. The zero-order chi connectivity index (χ0) is 26.9. The molecule has 2 aromatic rings. The van der Waals surface area contributed by atoms with Crippen LogP contribution in [-0.2, 0) is 33.1 Å². The lowest BCUT2D eigenvalue weighted by molar-refractivity contribution is -0.134. The molecule has 0 bridgehead atoms. The van der Waals surface area contributed by atoms with Crippen LogP contribution in [0.1, 0.15) is 32.3 Å². The molecule has 2 amide bonds. The van der Waals surface area contributed by atoms with E-state index in [1.54, 1.807) is 41.6 Å². The minimum Gasteiger partial charge on any atom is -0.488 e. The molecule has 1 saturated carbocycles. The predicted octanol–water partition coefficient (Wildman–Crippen LogP) is 1.24. The number of sulfonamides is 1. The second kappa shape index (κ2) is 10.8. The van der Waals surface area contributed by atoms with E-state index >= 15 is 0 Å². The van der Waals surface area contributed by atoms with Crippen molar-refractivity contribution in [3.05, 3.63) is 36.3 Å². The molecule has 2 N–H and O–H groups in total. The van der Waals surface area contributed by atoms with E-state index in [1.165, 1.54) is 23.9 Å². The van der Waals surface area contributed by atoms with Gasteiger partial charge in [-0.25, -0.2) is 13.4 Å². The van der Waals surface area contributed by atoms with Gasteiger partial charge in [-0.2, -0.15) is 4.31 Å². The molecular weight excluding hydrogens is 498 g/mol. The minimum absolute atomic E-state index is 0.0221. The zero-order valence-electron chi connectivity index (χ0n) is 21.6. The summed E-state index contributed by atoms with van der Waals surface area (Å²) in [5, 5.41) is 12.6. The number of anilines is 1. The molecule has 2 heterocycles. The Kier molecular flexibility index (Phi) is 7.91. The fourth-order valence-corrected chi connectivity index (χ4v) is 5.49. The molecule has 1 aliphatic heterocycles. The molecule has 37 heavy (non-hydrogen) atoms. The molecule has 4 rings (SSSR count). The third-order valence-corrected chi connectivity index (χ3v) is 8.63. The highest BCUT2D eigenvalue weighted by Gasteiger charge is 2.34. The molecule has 0 unspecified atom stereocenters. The topological polar surface area (TPSA) is 134 Å². The van der Waals surface area contributed by atoms with Crippen molar-refractivity contribution in [3.8, 4) is 5.75 Å². The van der Waals surface area contributed by atoms with Crippen molar-refractivity contribution < 1.29 is 27.9 Å². The number of nitrogens with one attached hydrogen (secondary N) is 1. The van der Waals surface area contributed by atoms with E-state index in [0.29, 0.717) is 17.0 Å². The lowest BCUT2D eigenvalue weighted by Crippen LogP contribution is -2.48. The first-order valence-corrected chi connectivity index (χ1v) is 13.9. The molecule has 3 atom stereocenters. The van der Waals surface area contributed by atoms with Crippen LogP contribution < -0.4 is 10.1 Å². The second-order valence-corrected chi connectivity index (χ2v) is 12.1. The van der Waals surface area contributed by atoms with Crippen LogP contribution in [0, 0.1) is 11.8 Å². The van der Waals surface area contributed by atoms with E-state index in [2.05, 4.69) is 10.3 Å². The maximum Gasteiger partial charge on any atom is 0.261 e. The van der Waals surface area contributed by atoms with Crippen molar-refractivity contribution in [2.75, 3.05) is 32.1 Å². The van der Waals surface area contributed by atoms with E-state index in [0.717, 1.165) is 12.8 Å². The van der Waals surface area contributed by atoms with Crippen LogP contribution in [0.2, 0.25) is 0 Å². The number of ether oxygens (including phenoxy) is 1. The highest BCUT2D eigenvalue weighted by atomic mass is 32.2. The van der Waals surface area contributed by atoms with Gasteiger partial charge in [-0.3, -0.25) is 9.59 Å². The van der Waals surface area contributed by atoms with Gasteiger partial charge in [0.15, 0.2) is 5.03 Å². The Morgan fingerprint density at radius 1 is 1.35 bits per heavy atom. The summed E-state index contributed by atoms with van der Waals surface area (Å²) >= 11 is 0. The normalized spacial score (nSPS) is 21.5. The number of aryl methyl sites for hydroxylation is 1.